The van der Waals surface area contributed by atoms with Gasteiger partial charge in [0.1, 0.15) is 11.4 Å². The summed E-state index contributed by atoms with van der Waals surface area (Å²) in [7, 11) is 1.41. The lowest BCUT2D eigenvalue weighted by atomic mass is 10.2. The van der Waals surface area contributed by atoms with Gasteiger partial charge in [0.05, 0.1) is 0 Å². The summed E-state index contributed by atoms with van der Waals surface area (Å²) in [4.78, 5) is 26.7. The van der Waals surface area contributed by atoms with Crippen molar-refractivity contribution in [3.63, 3.8) is 0 Å². The minimum atomic E-state index is -0.569. The average Bonchev–Trinajstić information content (AvgIpc) is 2.86. The van der Waals surface area contributed by atoms with E-state index in [0.29, 0.717) is 17.0 Å². The van der Waals surface area contributed by atoms with E-state index in [2.05, 4.69) is 4.98 Å². The number of guanidine groups is 1. The molecule has 1 aromatic heterocycles. The van der Waals surface area contributed by atoms with Gasteiger partial charge in [-0.3, -0.25) is 19.9 Å². The summed E-state index contributed by atoms with van der Waals surface area (Å²) < 4.78 is 5.19. The molecule has 1 aromatic carbocycles. The number of H-pyrrole nitrogens is 1. The molecule has 0 unspecified atom stereocenters. The highest BCUT2D eigenvalue weighted by molar-refractivity contribution is 6.05. The Bertz CT molecular complexity index is 731. The molecule has 8 nitrogen and oxygen atoms in total. The summed E-state index contributed by atoms with van der Waals surface area (Å²) in [5.74, 6) is -0.870. The van der Waals surface area contributed by atoms with Crippen molar-refractivity contribution in [3.05, 3.63) is 30.0 Å². The Balaban J connectivity index is 0.00000242. The van der Waals surface area contributed by atoms with Crippen LogP contribution in [0, 0.1) is 5.41 Å². The molecule has 0 aliphatic rings. The molecule has 0 saturated heterocycles. The molecule has 0 bridgehead atoms. The smallest absolute Gasteiger partial charge is 0.276 e. The van der Waals surface area contributed by atoms with Crippen LogP contribution in [-0.4, -0.2) is 41.3 Å². The Morgan fingerprint density at radius 2 is 1.91 bits per heavy atom. The van der Waals surface area contributed by atoms with Gasteiger partial charge in [-0.1, -0.05) is 0 Å². The molecule has 0 aliphatic heterocycles. The molecule has 2 aromatic rings. The number of hydrogen-bond donors (Lipinski definition) is 4. The average molecular weight is 362 g/mol. The zero-order valence-corrected chi connectivity index (χ0v) is 13.8. The molecule has 23 heavy (non-hydrogen) atoms. The second-order valence-corrected chi connectivity index (χ2v) is 4.44. The van der Waals surface area contributed by atoms with E-state index in [1.165, 1.54) is 7.05 Å². The maximum absolute atomic E-state index is 12.0. The molecule has 0 spiro atoms. The van der Waals surface area contributed by atoms with Crippen LogP contribution in [0.4, 0.5) is 0 Å². The second kappa shape index (κ2) is 8.25. The fourth-order valence-corrected chi connectivity index (χ4v) is 1.76. The first-order valence-corrected chi connectivity index (χ1v) is 6.04. The zero-order valence-electron chi connectivity index (χ0n) is 12.2. The van der Waals surface area contributed by atoms with Gasteiger partial charge in [0.15, 0.2) is 12.6 Å². The third-order valence-electron chi connectivity index (χ3n) is 2.87. The predicted molar refractivity (Wildman–Crippen MR) is 91.5 cm³/mol. The Morgan fingerprint density at radius 3 is 2.48 bits per heavy atom. The Morgan fingerprint density at radius 1 is 1.26 bits per heavy atom. The lowest BCUT2D eigenvalue weighted by Gasteiger charge is -2.12. The number of rotatable bonds is 4. The second-order valence-electron chi connectivity index (χ2n) is 4.44. The lowest BCUT2D eigenvalue weighted by molar-refractivity contribution is -0.119. The first-order valence-electron chi connectivity index (χ1n) is 6.04. The van der Waals surface area contributed by atoms with Crippen LogP contribution >= 0.6 is 24.8 Å². The minimum Gasteiger partial charge on any atom is -0.484 e. The number of carbonyl (C=O) groups excluding carboxylic acids is 2. The van der Waals surface area contributed by atoms with Crippen LogP contribution in [0.3, 0.4) is 0 Å². The van der Waals surface area contributed by atoms with E-state index in [0.717, 1.165) is 10.3 Å². The topological polar surface area (TPSA) is 138 Å². The van der Waals surface area contributed by atoms with E-state index < -0.39 is 11.8 Å². The van der Waals surface area contributed by atoms with E-state index in [9.17, 15) is 9.59 Å². The van der Waals surface area contributed by atoms with Crippen LogP contribution in [0.25, 0.3) is 10.9 Å². The molecule has 2 amide bonds. The van der Waals surface area contributed by atoms with Crippen molar-refractivity contribution in [3.8, 4) is 5.75 Å². The first kappa shape index (κ1) is 20.6. The summed E-state index contributed by atoms with van der Waals surface area (Å²) in [5, 5.41) is 8.04. The molecule has 10 heteroatoms. The Kier molecular flexibility index (Phi) is 7.37. The van der Waals surface area contributed by atoms with Crippen molar-refractivity contribution in [2.24, 2.45) is 11.5 Å². The third kappa shape index (κ3) is 4.76. The molecule has 0 fully saturated rings. The number of carbonyl (C=O) groups is 2. The number of nitrogens with two attached hydrogens (primary N) is 2. The van der Waals surface area contributed by atoms with Crippen LogP contribution in [0.15, 0.2) is 24.3 Å². The fraction of sp³-hybridized carbons (Fsp3) is 0.154. The molecule has 0 atom stereocenters. The van der Waals surface area contributed by atoms with Gasteiger partial charge < -0.3 is 21.2 Å². The minimum absolute atomic E-state index is 0. The maximum atomic E-state index is 12.0. The zero-order chi connectivity index (χ0) is 15.6. The molecule has 1 heterocycles. The number of nitrogens with one attached hydrogen (secondary N) is 2. The lowest BCUT2D eigenvalue weighted by Crippen LogP contribution is -2.38. The van der Waals surface area contributed by atoms with Gasteiger partial charge in [-0.05, 0) is 18.2 Å². The number of primary amides is 1. The predicted octanol–water partition coefficient (Wildman–Crippen LogP) is 0.841. The summed E-state index contributed by atoms with van der Waals surface area (Å²) in [6.45, 7) is -0.217. The molecule has 0 saturated carbocycles. The van der Waals surface area contributed by atoms with Gasteiger partial charge in [0.2, 0.25) is 0 Å². The van der Waals surface area contributed by atoms with Crippen LogP contribution in [0.1, 0.15) is 10.5 Å². The third-order valence-corrected chi connectivity index (χ3v) is 2.87. The highest BCUT2D eigenvalue weighted by Crippen LogP contribution is 2.22. The summed E-state index contributed by atoms with van der Waals surface area (Å²) in [5.41, 5.74) is 11.2. The van der Waals surface area contributed by atoms with Gasteiger partial charge in [0.25, 0.3) is 11.8 Å². The molecule has 0 radical (unpaired) electrons. The van der Waals surface area contributed by atoms with E-state index >= 15 is 0 Å². The van der Waals surface area contributed by atoms with Gasteiger partial charge in [-0.25, -0.2) is 0 Å². The van der Waals surface area contributed by atoms with Crippen molar-refractivity contribution >= 4 is 53.5 Å². The Labute approximate surface area is 144 Å². The number of nitrogens with zero attached hydrogens (tertiary/aromatic N) is 1. The molecule has 6 N–H and O–H groups in total. The van der Waals surface area contributed by atoms with Crippen molar-refractivity contribution in [2.75, 3.05) is 13.7 Å². The van der Waals surface area contributed by atoms with Crippen molar-refractivity contribution in [2.45, 2.75) is 0 Å². The number of fused-ring (bicyclic) bond motifs is 1. The van der Waals surface area contributed by atoms with Crippen molar-refractivity contribution in [1.82, 2.24) is 9.88 Å². The van der Waals surface area contributed by atoms with Gasteiger partial charge in [-0.15, -0.1) is 24.8 Å². The molecule has 2 rings (SSSR count). The molecule has 0 aliphatic carbocycles. The first-order chi connectivity index (χ1) is 9.88. The normalized spacial score (nSPS) is 9.43. The highest BCUT2D eigenvalue weighted by atomic mass is 35.5. The van der Waals surface area contributed by atoms with Crippen molar-refractivity contribution < 1.29 is 14.3 Å². The molecular weight excluding hydrogens is 345 g/mol. The number of aromatic amines is 1. The van der Waals surface area contributed by atoms with Crippen LogP contribution in [0.2, 0.25) is 0 Å². The number of hydrogen-bond acceptors (Lipinski definition) is 4. The van der Waals surface area contributed by atoms with E-state index in [1.807, 2.05) is 0 Å². The largest absolute Gasteiger partial charge is 0.484 e. The van der Waals surface area contributed by atoms with Crippen molar-refractivity contribution in [1.29, 1.82) is 5.41 Å². The quantitative estimate of drug-likeness (QED) is 0.473. The summed E-state index contributed by atoms with van der Waals surface area (Å²) in [6.07, 6.45) is 0. The molecule has 126 valence electrons. The van der Waals surface area contributed by atoms with Gasteiger partial charge in [0, 0.05) is 24.0 Å². The van der Waals surface area contributed by atoms with E-state index in [4.69, 9.17) is 21.6 Å². The van der Waals surface area contributed by atoms with Crippen LogP contribution in [0.5, 0.6) is 5.75 Å². The van der Waals surface area contributed by atoms with Crippen LogP contribution in [-0.2, 0) is 4.79 Å². The number of aromatic nitrogens is 1. The summed E-state index contributed by atoms with van der Waals surface area (Å²) >= 11 is 0. The monoisotopic (exact) mass is 361 g/mol. The Hall–Kier alpha value is -2.45. The SMILES string of the molecule is CN(C(=N)N)C(=O)c1cc2ccc(OCC(N)=O)cc2[nH]1.Cl.Cl. The van der Waals surface area contributed by atoms with E-state index in [1.54, 1.807) is 24.3 Å². The maximum Gasteiger partial charge on any atom is 0.276 e. The summed E-state index contributed by atoms with van der Waals surface area (Å²) in [6, 6.07) is 6.71. The number of ether oxygens (including phenoxy) is 1. The molecular formula is C13H17Cl2N5O3. The van der Waals surface area contributed by atoms with Crippen LogP contribution < -0.4 is 16.2 Å². The number of benzene rings is 1. The van der Waals surface area contributed by atoms with Gasteiger partial charge >= 0.3 is 0 Å². The fourth-order valence-electron chi connectivity index (χ4n) is 1.76. The van der Waals surface area contributed by atoms with Gasteiger partial charge in [-0.2, -0.15) is 0 Å². The highest BCUT2D eigenvalue weighted by Gasteiger charge is 2.16. The number of amides is 2. The van der Waals surface area contributed by atoms with E-state index in [-0.39, 0.29) is 37.4 Å². The number of halogens is 2. The standard InChI is InChI=1S/C13H15N5O3.2ClH/c1-18(13(15)16)12(20)10-4-7-2-3-8(5-9(7)17-10)21-6-11(14)19;;/h2-5,17H,6H2,1H3,(H2,14,19)(H3,15,16);2*1H.